The molecule has 2 amide bonds. The number of rotatable bonds is 6. The summed E-state index contributed by atoms with van der Waals surface area (Å²) in [5, 5.41) is 3.85. The largest absolute Gasteiger partial charge is 0.451 e. The number of piperidine rings is 1. The van der Waals surface area contributed by atoms with E-state index in [1.54, 1.807) is 0 Å². The van der Waals surface area contributed by atoms with Crippen molar-refractivity contribution < 1.29 is 14.0 Å². The first-order chi connectivity index (χ1) is 14.9. The van der Waals surface area contributed by atoms with E-state index in [0.717, 1.165) is 60.0 Å². The van der Waals surface area contributed by atoms with Gasteiger partial charge >= 0.3 is 0 Å². The number of furan rings is 1. The Labute approximate surface area is 189 Å². The molecule has 162 valence electrons. The molecule has 0 aliphatic carbocycles. The summed E-state index contributed by atoms with van der Waals surface area (Å²) >= 11 is 3.46. The maximum Gasteiger partial charge on any atom is 0.291 e. The third-order valence-electron chi connectivity index (χ3n) is 6.02. The Morgan fingerprint density at radius 2 is 1.87 bits per heavy atom. The summed E-state index contributed by atoms with van der Waals surface area (Å²) in [7, 11) is 0. The van der Waals surface area contributed by atoms with E-state index < -0.39 is 0 Å². The predicted molar refractivity (Wildman–Crippen MR) is 125 cm³/mol. The molecular weight excluding hydrogens is 458 g/mol. The molecular formula is C24H26BrN3O3. The number of carbonyl (C=O) groups is 2. The highest BCUT2D eigenvalue weighted by Gasteiger charge is 2.22. The Bertz CT molecular complexity index is 1100. The fraction of sp³-hybridized carbons (Fsp3) is 0.333. The zero-order valence-electron chi connectivity index (χ0n) is 17.5. The lowest BCUT2D eigenvalue weighted by Gasteiger charge is -2.30. The molecule has 0 atom stereocenters. The second kappa shape index (κ2) is 9.24. The predicted octanol–water partition coefficient (Wildman–Crippen LogP) is 4.50. The molecule has 2 heterocycles. The molecule has 3 aromatic rings. The van der Waals surface area contributed by atoms with Crippen LogP contribution < -0.4 is 11.1 Å². The van der Waals surface area contributed by atoms with Crippen LogP contribution in [0.25, 0.3) is 11.0 Å². The van der Waals surface area contributed by atoms with Gasteiger partial charge in [0, 0.05) is 33.6 Å². The fourth-order valence-corrected chi connectivity index (χ4v) is 4.44. The summed E-state index contributed by atoms with van der Waals surface area (Å²) in [6, 6.07) is 13.6. The molecule has 4 rings (SSSR count). The van der Waals surface area contributed by atoms with Crippen LogP contribution in [0.2, 0.25) is 0 Å². The first kappa shape index (κ1) is 21.6. The van der Waals surface area contributed by atoms with Crippen LogP contribution in [0.3, 0.4) is 0 Å². The van der Waals surface area contributed by atoms with Gasteiger partial charge < -0.3 is 20.4 Å². The van der Waals surface area contributed by atoms with Gasteiger partial charge in [-0.2, -0.15) is 0 Å². The number of hydrogen-bond acceptors (Lipinski definition) is 4. The van der Waals surface area contributed by atoms with Crippen molar-refractivity contribution in [1.29, 1.82) is 0 Å². The Kier molecular flexibility index (Phi) is 6.43. The summed E-state index contributed by atoms with van der Waals surface area (Å²) in [5.74, 6) is -0.0782. The topological polar surface area (TPSA) is 88.6 Å². The van der Waals surface area contributed by atoms with Crippen LogP contribution in [0.1, 0.15) is 34.5 Å². The van der Waals surface area contributed by atoms with Crippen LogP contribution in [0.15, 0.2) is 51.4 Å². The number of hydrogen-bond donors (Lipinski definition) is 2. The van der Waals surface area contributed by atoms with Gasteiger partial charge in [-0.05, 0) is 75.2 Å². The fourth-order valence-electron chi connectivity index (χ4n) is 4.08. The molecule has 2 aromatic carbocycles. The molecule has 6 nitrogen and oxygen atoms in total. The molecule has 1 aromatic heterocycles. The Morgan fingerprint density at radius 1 is 1.16 bits per heavy atom. The number of aryl methyl sites for hydroxylation is 1. The summed E-state index contributed by atoms with van der Waals surface area (Å²) in [6.45, 7) is 4.66. The number of anilines is 1. The van der Waals surface area contributed by atoms with E-state index in [1.807, 2.05) is 49.4 Å². The molecule has 0 radical (unpaired) electrons. The highest BCUT2D eigenvalue weighted by atomic mass is 79.9. The van der Waals surface area contributed by atoms with Gasteiger partial charge in [-0.3, -0.25) is 9.59 Å². The van der Waals surface area contributed by atoms with E-state index in [9.17, 15) is 9.59 Å². The molecule has 7 heteroatoms. The number of amides is 2. The van der Waals surface area contributed by atoms with E-state index in [1.165, 1.54) is 5.56 Å². The standard InChI is InChI=1S/C24H26BrN3O3/c1-15-20-14-18(25)4-7-21(20)31-22(15)24(30)27-19-5-2-16(3-6-19)8-11-28-12-9-17(10-13-28)23(26)29/h2-7,14,17H,8-13H2,1H3,(H2,26,29)(H,27,30). The number of carbonyl (C=O) groups excluding carboxylic acids is 2. The van der Waals surface area contributed by atoms with Crippen LogP contribution >= 0.6 is 15.9 Å². The molecule has 3 N–H and O–H groups in total. The lowest BCUT2D eigenvalue weighted by atomic mass is 9.96. The van der Waals surface area contributed by atoms with Crippen LogP contribution in [-0.2, 0) is 11.2 Å². The van der Waals surface area contributed by atoms with E-state index in [4.69, 9.17) is 10.2 Å². The van der Waals surface area contributed by atoms with Gasteiger partial charge in [0.15, 0.2) is 5.76 Å². The zero-order chi connectivity index (χ0) is 22.0. The molecule has 0 bridgehead atoms. The normalized spacial score (nSPS) is 15.3. The Morgan fingerprint density at radius 3 is 2.55 bits per heavy atom. The monoisotopic (exact) mass is 483 g/mol. The van der Waals surface area contributed by atoms with E-state index in [0.29, 0.717) is 11.3 Å². The maximum absolute atomic E-state index is 12.7. The van der Waals surface area contributed by atoms with E-state index in [-0.39, 0.29) is 17.7 Å². The molecule has 1 saturated heterocycles. The third-order valence-corrected chi connectivity index (χ3v) is 6.52. The highest BCUT2D eigenvalue weighted by Crippen LogP contribution is 2.28. The van der Waals surface area contributed by atoms with Crippen LogP contribution in [0.4, 0.5) is 5.69 Å². The van der Waals surface area contributed by atoms with Gasteiger partial charge in [0.1, 0.15) is 5.58 Å². The SMILES string of the molecule is Cc1c(C(=O)Nc2ccc(CCN3CCC(C(N)=O)CC3)cc2)oc2ccc(Br)cc12. The first-order valence-electron chi connectivity index (χ1n) is 10.5. The first-order valence-corrected chi connectivity index (χ1v) is 11.3. The van der Waals surface area contributed by atoms with Crippen molar-refractivity contribution >= 4 is 44.4 Å². The van der Waals surface area contributed by atoms with Gasteiger partial charge in [-0.15, -0.1) is 0 Å². The highest BCUT2D eigenvalue weighted by molar-refractivity contribution is 9.10. The van der Waals surface area contributed by atoms with Crippen molar-refractivity contribution in [3.05, 3.63) is 63.8 Å². The Balaban J connectivity index is 1.33. The second-order valence-corrected chi connectivity index (χ2v) is 9.03. The minimum absolute atomic E-state index is 0.0241. The number of fused-ring (bicyclic) bond motifs is 1. The minimum atomic E-state index is -0.255. The van der Waals surface area contributed by atoms with Gasteiger partial charge in [0.25, 0.3) is 5.91 Å². The molecule has 0 spiro atoms. The average molecular weight is 484 g/mol. The third kappa shape index (κ3) is 4.99. The number of likely N-dealkylation sites (tertiary alicyclic amines) is 1. The number of halogens is 1. The number of primary amides is 1. The van der Waals surface area contributed by atoms with Crippen LogP contribution in [-0.4, -0.2) is 36.3 Å². The molecule has 31 heavy (non-hydrogen) atoms. The summed E-state index contributed by atoms with van der Waals surface area (Å²) in [4.78, 5) is 26.4. The number of nitrogens with two attached hydrogens (primary N) is 1. The van der Waals surface area contributed by atoms with E-state index in [2.05, 4.69) is 26.1 Å². The molecule has 1 aliphatic heterocycles. The smallest absolute Gasteiger partial charge is 0.291 e. The Hall–Kier alpha value is -2.64. The molecule has 1 fully saturated rings. The summed E-state index contributed by atoms with van der Waals surface area (Å²) < 4.78 is 6.72. The van der Waals surface area contributed by atoms with Crippen molar-refractivity contribution in [3.63, 3.8) is 0 Å². The van der Waals surface area contributed by atoms with Crippen molar-refractivity contribution in [3.8, 4) is 0 Å². The van der Waals surface area contributed by atoms with E-state index >= 15 is 0 Å². The quantitative estimate of drug-likeness (QED) is 0.540. The lowest BCUT2D eigenvalue weighted by Crippen LogP contribution is -2.39. The van der Waals surface area contributed by atoms with Gasteiger partial charge in [0.2, 0.25) is 5.91 Å². The number of nitrogens with zero attached hydrogens (tertiary/aromatic N) is 1. The van der Waals surface area contributed by atoms with Gasteiger partial charge in [-0.1, -0.05) is 28.1 Å². The molecule has 0 unspecified atom stereocenters. The number of benzene rings is 2. The number of nitrogens with one attached hydrogen (secondary N) is 1. The second-order valence-electron chi connectivity index (χ2n) is 8.12. The van der Waals surface area contributed by atoms with Crippen molar-refractivity contribution in [2.75, 3.05) is 25.0 Å². The van der Waals surface area contributed by atoms with Crippen LogP contribution in [0.5, 0.6) is 0 Å². The summed E-state index contributed by atoms with van der Waals surface area (Å²) in [6.07, 6.45) is 2.62. The minimum Gasteiger partial charge on any atom is -0.451 e. The summed E-state index contributed by atoms with van der Waals surface area (Å²) in [5.41, 5.74) is 8.86. The molecule has 0 saturated carbocycles. The van der Waals surface area contributed by atoms with Gasteiger partial charge in [-0.25, -0.2) is 0 Å². The maximum atomic E-state index is 12.7. The molecule has 1 aliphatic rings. The van der Waals surface area contributed by atoms with Crippen molar-refractivity contribution in [2.45, 2.75) is 26.2 Å². The lowest BCUT2D eigenvalue weighted by molar-refractivity contribution is -0.123. The van der Waals surface area contributed by atoms with Crippen molar-refractivity contribution in [2.24, 2.45) is 11.7 Å². The average Bonchev–Trinajstić information content (AvgIpc) is 3.09. The van der Waals surface area contributed by atoms with Gasteiger partial charge in [0.05, 0.1) is 0 Å². The van der Waals surface area contributed by atoms with Crippen molar-refractivity contribution in [1.82, 2.24) is 4.90 Å². The van der Waals surface area contributed by atoms with Crippen LogP contribution in [0, 0.1) is 12.8 Å². The zero-order valence-corrected chi connectivity index (χ0v) is 19.1.